The number of nitrogens with zero attached hydrogens (tertiary/aromatic N) is 2. The lowest BCUT2D eigenvalue weighted by molar-refractivity contribution is 0.0705. The minimum absolute atomic E-state index is 0.000307. The minimum Gasteiger partial charge on any atom is -0.491 e. The predicted molar refractivity (Wildman–Crippen MR) is 103 cm³/mol. The summed E-state index contributed by atoms with van der Waals surface area (Å²) in [6, 6.07) is 7.37. The summed E-state index contributed by atoms with van der Waals surface area (Å²) in [4.78, 5) is 12.3. The van der Waals surface area contributed by atoms with Crippen molar-refractivity contribution in [3.8, 4) is 11.5 Å². The van der Waals surface area contributed by atoms with E-state index in [1.54, 1.807) is 0 Å². The van der Waals surface area contributed by atoms with Crippen molar-refractivity contribution in [2.24, 2.45) is 0 Å². The van der Waals surface area contributed by atoms with Gasteiger partial charge in [-0.05, 0) is 38.5 Å². The Morgan fingerprint density at radius 2 is 1.81 bits per heavy atom. The molecule has 148 valence electrons. The van der Waals surface area contributed by atoms with Crippen LogP contribution in [0, 0.1) is 0 Å². The Hall–Kier alpha value is -2.09. The number of aliphatic hydroxyl groups excluding tert-OH is 1. The number of halogens is 1. The second kappa shape index (κ2) is 9.73. The van der Waals surface area contributed by atoms with Crippen molar-refractivity contribution in [1.29, 1.82) is 0 Å². The van der Waals surface area contributed by atoms with Crippen LogP contribution >= 0.6 is 11.6 Å². The van der Waals surface area contributed by atoms with Gasteiger partial charge in [-0.1, -0.05) is 23.7 Å². The summed E-state index contributed by atoms with van der Waals surface area (Å²) < 4.78 is 17.6. The Kier molecular flexibility index (Phi) is 7.65. The minimum atomic E-state index is -0.460. The van der Waals surface area contributed by atoms with E-state index in [9.17, 15) is 4.79 Å². The highest BCUT2D eigenvalue weighted by atomic mass is 35.5. The van der Waals surface area contributed by atoms with E-state index in [0.717, 1.165) is 5.56 Å². The molecule has 0 amide bonds. The van der Waals surface area contributed by atoms with Gasteiger partial charge in [-0.25, -0.2) is 4.68 Å². The van der Waals surface area contributed by atoms with Crippen LogP contribution in [0.4, 0.5) is 0 Å². The fraction of sp³-hybridized carbons (Fsp3) is 0.474. The zero-order chi connectivity index (χ0) is 19.9. The summed E-state index contributed by atoms with van der Waals surface area (Å²) in [5.41, 5.74) is 0.0573. The third-order valence-electron chi connectivity index (χ3n) is 3.57. The summed E-state index contributed by atoms with van der Waals surface area (Å²) in [6.07, 6.45) is 1.46. The van der Waals surface area contributed by atoms with Gasteiger partial charge in [0.2, 0.25) is 0 Å². The van der Waals surface area contributed by atoms with E-state index in [4.69, 9.17) is 30.9 Å². The first-order valence-corrected chi connectivity index (χ1v) is 9.02. The van der Waals surface area contributed by atoms with Gasteiger partial charge in [0.25, 0.3) is 5.56 Å². The Morgan fingerprint density at radius 3 is 2.44 bits per heavy atom. The highest BCUT2D eigenvalue weighted by molar-refractivity contribution is 6.31. The van der Waals surface area contributed by atoms with Crippen LogP contribution in [-0.2, 0) is 16.9 Å². The van der Waals surface area contributed by atoms with Crippen molar-refractivity contribution >= 4 is 11.6 Å². The number of hydrogen-bond donors (Lipinski definition) is 1. The molecule has 8 heteroatoms. The molecule has 0 saturated carbocycles. The first-order valence-electron chi connectivity index (χ1n) is 8.64. The molecule has 0 fully saturated rings. The number of benzene rings is 1. The SMILES string of the molecule is CC(C)(C)n1ncc(OCc2ccc(OCCOCCO)cc2)c(Cl)c1=O. The van der Waals surface area contributed by atoms with E-state index in [0.29, 0.717) is 25.6 Å². The van der Waals surface area contributed by atoms with E-state index in [-0.39, 0.29) is 29.5 Å². The maximum Gasteiger partial charge on any atom is 0.289 e. The fourth-order valence-corrected chi connectivity index (χ4v) is 2.41. The molecule has 1 aromatic heterocycles. The van der Waals surface area contributed by atoms with E-state index < -0.39 is 5.54 Å². The molecule has 0 aliphatic heterocycles. The summed E-state index contributed by atoms with van der Waals surface area (Å²) in [7, 11) is 0. The Balaban J connectivity index is 1.91. The molecule has 27 heavy (non-hydrogen) atoms. The van der Waals surface area contributed by atoms with Crippen molar-refractivity contribution in [2.75, 3.05) is 26.4 Å². The molecule has 2 aromatic rings. The van der Waals surface area contributed by atoms with E-state index in [2.05, 4.69) is 5.10 Å². The monoisotopic (exact) mass is 396 g/mol. The zero-order valence-corrected chi connectivity index (χ0v) is 16.5. The van der Waals surface area contributed by atoms with Gasteiger partial charge in [-0.3, -0.25) is 4.79 Å². The smallest absolute Gasteiger partial charge is 0.289 e. The van der Waals surface area contributed by atoms with Crippen LogP contribution < -0.4 is 15.0 Å². The standard InChI is InChI=1S/C19H25ClN2O5/c1-19(2,3)22-18(24)17(20)16(12-21-22)27-13-14-4-6-15(7-5-14)26-11-10-25-9-8-23/h4-7,12,23H,8-11,13H2,1-3H3. The average molecular weight is 397 g/mol. The Labute approximate surface area is 163 Å². The van der Waals surface area contributed by atoms with Crippen LogP contribution in [0.3, 0.4) is 0 Å². The molecule has 7 nitrogen and oxygen atoms in total. The van der Waals surface area contributed by atoms with Crippen molar-refractivity contribution in [1.82, 2.24) is 9.78 Å². The molecule has 0 aliphatic carbocycles. The van der Waals surface area contributed by atoms with Gasteiger partial charge in [0.05, 0.1) is 31.6 Å². The molecule has 0 bridgehead atoms. The third-order valence-corrected chi connectivity index (χ3v) is 3.92. The van der Waals surface area contributed by atoms with E-state index in [1.807, 2.05) is 45.0 Å². The van der Waals surface area contributed by atoms with Gasteiger partial charge in [0.15, 0.2) is 10.8 Å². The maximum absolute atomic E-state index is 12.3. The number of aromatic nitrogens is 2. The van der Waals surface area contributed by atoms with Gasteiger partial charge in [0, 0.05) is 0 Å². The quantitative estimate of drug-likeness (QED) is 0.656. The molecule has 0 atom stereocenters. The molecule has 0 spiro atoms. The van der Waals surface area contributed by atoms with Crippen LogP contribution in [0.25, 0.3) is 0 Å². The molecule has 0 saturated heterocycles. The summed E-state index contributed by atoms with van der Waals surface area (Å²) in [5.74, 6) is 0.961. The maximum atomic E-state index is 12.3. The molecule has 1 heterocycles. The van der Waals surface area contributed by atoms with Crippen molar-refractivity contribution < 1.29 is 19.3 Å². The van der Waals surface area contributed by atoms with E-state index >= 15 is 0 Å². The lowest BCUT2D eigenvalue weighted by atomic mass is 10.1. The summed E-state index contributed by atoms with van der Waals surface area (Å²) in [5, 5.41) is 12.8. The Bertz CT molecular complexity index is 784. The van der Waals surface area contributed by atoms with Crippen LogP contribution in [0.1, 0.15) is 26.3 Å². The first kappa shape index (κ1) is 21.2. The molecular weight excluding hydrogens is 372 g/mol. The molecule has 1 aromatic carbocycles. The van der Waals surface area contributed by atoms with Gasteiger partial charge >= 0.3 is 0 Å². The number of hydrogen-bond acceptors (Lipinski definition) is 6. The summed E-state index contributed by atoms with van der Waals surface area (Å²) >= 11 is 6.14. The molecule has 1 N–H and O–H groups in total. The second-order valence-electron chi connectivity index (χ2n) is 6.83. The van der Waals surface area contributed by atoms with Gasteiger partial charge in [-0.2, -0.15) is 5.10 Å². The third kappa shape index (κ3) is 6.23. The molecule has 0 radical (unpaired) electrons. The number of aliphatic hydroxyl groups is 1. The normalized spacial score (nSPS) is 11.4. The number of ether oxygens (including phenoxy) is 3. The molecule has 2 rings (SSSR count). The number of rotatable bonds is 9. The zero-order valence-electron chi connectivity index (χ0n) is 15.8. The largest absolute Gasteiger partial charge is 0.491 e. The topological polar surface area (TPSA) is 82.8 Å². The van der Waals surface area contributed by atoms with Crippen LogP contribution in [0.15, 0.2) is 35.3 Å². The van der Waals surface area contributed by atoms with Crippen LogP contribution in [0.5, 0.6) is 11.5 Å². The first-order chi connectivity index (χ1) is 12.8. The molecule has 0 aliphatic rings. The molecule has 0 unspecified atom stereocenters. The van der Waals surface area contributed by atoms with Gasteiger partial charge in [0.1, 0.15) is 19.0 Å². The molecular formula is C19H25ClN2O5. The van der Waals surface area contributed by atoms with E-state index in [1.165, 1.54) is 10.9 Å². The summed E-state index contributed by atoms with van der Waals surface area (Å²) in [6.45, 7) is 7.00. The van der Waals surface area contributed by atoms with Gasteiger partial charge < -0.3 is 19.3 Å². The highest BCUT2D eigenvalue weighted by Crippen LogP contribution is 2.22. The van der Waals surface area contributed by atoms with Crippen molar-refractivity contribution in [3.05, 3.63) is 51.4 Å². The average Bonchev–Trinajstić information content (AvgIpc) is 2.63. The van der Waals surface area contributed by atoms with Crippen LogP contribution in [-0.4, -0.2) is 41.3 Å². The van der Waals surface area contributed by atoms with Crippen molar-refractivity contribution in [3.63, 3.8) is 0 Å². The predicted octanol–water partition coefficient (Wildman–Crippen LogP) is 2.62. The lowest BCUT2D eigenvalue weighted by Gasteiger charge is -2.21. The van der Waals surface area contributed by atoms with Crippen LogP contribution in [0.2, 0.25) is 5.02 Å². The highest BCUT2D eigenvalue weighted by Gasteiger charge is 2.19. The second-order valence-corrected chi connectivity index (χ2v) is 7.21. The fourth-order valence-electron chi connectivity index (χ4n) is 2.22. The Morgan fingerprint density at radius 1 is 1.11 bits per heavy atom. The van der Waals surface area contributed by atoms with Crippen molar-refractivity contribution in [2.45, 2.75) is 32.9 Å². The van der Waals surface area contributed by atoms with Gasteiger partial charge in [-0.15, -0.1) is 0 Å². The lowest BCUT2D eigenvalue weighted by Crippen LogP contribution is -2.36.